The van der Waals surface area contributed by atoms with Crippen LogP contribution in [-0.4, -0.2) is 44.2 Å². The zero-order valence-corrected chi connectivity index (χ0v) is 20.1. The standard InChI is InChI=1S/C24H23N7O3S/c1-3-12-33-23-20-18(7-10-27-23)29-24(35-20)30-19(32)8-11-26-22-17-13-16(21-28-14(2)34-31-21)5-4-15(17)6-9-25-22/h4-7,9-10,13H,3,8,11-12H2,1-2H3,(H,25,26)(H,29,30,32). The Hall–Kier alpha value is -4.12. The molecule has 0 unspecified atom stereocenters. The predicted octanol–water partition coefficient (Wildman–Crippen LogP) is 4.83. The fraction of sp³-hybridized carbons (Fsp3) is 0.250. The summed E-state index contributed by atoms with van der Waals surface area (Å²) in [6.07, 6.45) is 4.52. The Labute approximate surface area is 204 Å². The Morgan fingerprint density at radius 2 is 2.03 bits per heavy atom. The summed E-state index contributed by atoms with van der Waals surface area (Å²) in [5.41, 5.74) is 1.58. The second kappa shape index (κ2) is 10.0. The monoisotopic (exact) mass is 489 g/mol. The van der Waals surface area contributed by atoms with Gasteiger partial charge in [0.2, 0.25) is 23.5 Å². The van der Waals surface area contributed by atoms with Crippen molar-refractivity contribution in [1.82, 2.24) is 25.1 Å². The van der Waals surface area contributed by atoms with Gasteiger partial charge in [-0.2, -0.15) is 4.98 Å². The second-order valence-electron chi connectivity index (χ2n) is 7.79. The highest BCUT2D eigenvalue weighted by Gasteiger charge is 2.13. The molecule has 0 bridgehead atoms. The number of nitrogens with one attached hydrogen (secondary N) is 2. The minimum Gasteiger partial charge on any atom is -0.477 e. The maximum atomic E-state index is 12.6. The number of pyridine rings is 2. The van der Waals surface area contributed by atoms with E-state index in [1.54, 1.807) is 25.4 Å². The molecule has 35 heavy (non-hydrogen) atoms. The number of aromatic nitrogens is 5. The number of thiazole rings is 1. The highest BCUT2D eigenvalue weighted by molar-refractivity contribution is 7.22. The van der Waals surface area contributed by atoms with Gasteiger partial charge in [-0.3, -0.25) is 4.79 Å². The summed E-state index contributed by atoms with van der Waals surface area (Å²) in [5.74, 6) is 2.10. The molecular formula is C24H23N7O3S. The molecule has 5 aromatic rings. The van der Waals surface area contributed by atoms with Crippen LogP contribution in [0.3, 0.4) is 0 Å². The number of rotatable bonds is 9. The highest BCUT2D eigenvalue weighted by Crippen LogP contribution is 2.32. The number of amides is 1. The third-order valence-electron chi connectivity index (χ3n) is 5.16. The van der Waals surface area contributed by atoms with Crippen LogP contribution in [0.5, 0.6) is 5.88 Å². The molecule has 10 nitrogen and oxygen atoms in total. The lowest BCUT2D eigenvalue weighted by atomic mass is 10.1. The van der Waals surface area contributed by atoms with Crippen molar-refractivity contribution in [2.24, 2.45) is 0 Å². The average Bonchev–Trinajstić information content (AvgIpc) is 3.48. The van der Waals surface area contributed by atoms with Crippen molar-refractivity contribution in [1.29, 1.82) is 0 Å². The zero-order valence-electron chi connectivity index (χ0n) is 19.2. The fourth-order valence-electron chi connectivity index (χ4n) is 3.53. The van der Waals surface area contributed by atoms with E-state index in [1.807, 2.05) is 31.2 Å². The van der Waals surface area contributed by atoms with E-state index in [0.29, 0.717) is 41.7 Å². The van der Waals surface area contributed by atoms with Crippen molar-refractivity contribution in [3.05, 3.63) is 48.6 Å². The van der Waals surface area contributed by atoms with Crippen LogP contribution in [0.2, 0.25) is 0 Å². The molecule has 0 aliphatic rings. The van der Waals surface area contributed by atoms with Gasteiger partial charge in [0.1, 0.15) is 10.5 Å². The Kier molecular flexibility index (Phi) is 6.49. The van der Waals surface area contributed by atoms with Crippen LogP contribution in [-0.2, 0) is 4.79 Å². The van der Waals surface area contributed by atoms with Gasteiger partial charge in [-0.25, -0.2) is 15.0 Å². The Balaban J connectivity index is 1.24. The van der Waals surface area contributed by atoms with Crippen molar-refractivity contribution in [2.45, 2.75) is 26.7 Å². The first-order valence-corrected chi connectivity index (χ1v) is 12.0. The summed E-state index contributed by atoms with van der Waals surface area (Å²) in [6.45, 7) is 4.77. The molecule has 11 heteroatoms. The number of anilines is 2. The van der Waals surface area contributed by atoms with Crippen LogP contribution in [0, 0.1) is 6.92 Å². The third kappa shape index (κ3) is 5.04. The summed E-state index contributed by atoms with van der Waals surface area (Å²) in [7, 11) is 0. The molecule has 0 atom stereocenters. The first-order valence-electron chi connectivity index (χ1n) is 11.2. The number of nitrogens with zero attached hydrogens (tertiary/aromatic N) is 5. The van der Waals surface area contributed by atoms with Crippen molar-refractivity contribution >= 4 is 49.2 Å². The molecule has 5 rings (SSSR count). The number of carbonyl (C=O) groups is 1. The van der Waals surface area contributed by atoms with Crippen LogP contribution in [0.4, 0.5) is 10.9 Å². The van der Waals surface area contributed by atoms with E-state index in [1.165, 1.54) is 11.3 Å². The van der Waals surface area contributed by atoms with Gasteiger partial charge in [-0.15, -0.1) is 0 Å². The molecule has 1 aromatic carbocycles. The Morgan fingerprint density at radius 1 is 1.14 bits per heavy atom. The van der Waals surface area contributed by atoms with Gasteiger partial charge in [0.05, 0.1) is 12.1 Å². The Morgan fingerprint density at radius 3 is 2.86 bits per heavy atom. The lowest BCUT2D eigenvalue weighted by Gasteiger charge is -2.09. The van der Waals surface area contributed by atoms with Crippen LogP contribution >= 0.6 is 11.3 Å². The maximum Gasteiger partial charge on any atom is 0.233 e. The van der Waals surface area contributed by atoms with Gasteiger partial charge in [-0.1, -0.05) is 35.5 Å². The number of aryl methyl sites for hydroxylation is 1. The first kappa shape index (κ1) is 22.7. The summed E-state index contributed by atoms with van der Waals surface area (Å²) in [6, 6.07) is 9.62. The molecular weight excluding hydrogens is 466 g/mol. The van der Waals surface area contributed by atoms with Gasteiger partial charge >= 0.3 is 0 Å². The number of hydrogen-bond acceptors (Lipinski definition) is 10. The Bertz CT molecular complexity index is 1500. The van der Waals surface area contributed by atoms with Crippen LogP contribution < -0.4 is 15.4 Å². The average molecular weight is 490 g/mol. The summed E-state index contributed by atoms with van der Waals surface area (Å²) >= 11 is 1.35. The molecule has 178 valence electrons. The van der Waals surface area contributed by atoms with Gasteiger partial charge in [-0.05, 0) is 30.0 Å². The van der Waals surface area contributed by atoms with Crippen LogP contribution in [0.25, 0.3) is 32.4 Å². The molecule has 0 aliphatic carbocycles. The van der Waals surface area contributed by atoms with E-state index in [0.717, 1.165) is 33.0 Å². The van der Waals surface area contributed by atoms with E-state index in [9.17, 15) is 4.79 Å². The predicted molar refractivity (Wildman–Crippen MR) is 135 cm³/mol. The summed E-state index contributed by atoms with van der Waals surface area (Å²) < 4.78 is 11.6. The third-order valence-corrected chi connectivity index (χ3v) is 6.13. The summed E-state index contributed by atoms with van der Waals surface area (Å²) in [4.78, 5) is 30.1. The molecule has 1 amide bonds. The lowest BCUT2D eigenvalue weighted by Crippen LogP contribution is -2.16. The molecule has 2 N–H and O–H groups in total. The SMILES string of the molecule is CCCOc1nccc2nc(NC(=O)CCNc3nccc4ccc(-c5noc(C)n5)cc34)sc12. The van der Waals surface area contributed by atoms with Crippen molar-refractivity contribution in [2.75, 3.05) is 23.8 Å². The minimum atomic E-state index is -0.149. The number of carbonyl (C=O) groups excluding carboxylic acids is 1. The van der Waals surface area contributed by atoms with Gasteiger partial charge in [0.25, 0.3) is 0 Å². The van der Waals surface area contributed by atoms with E-state index in [4.69, 9.17) is 9.26 Å². The molecule has 0 fully saturated rings. The van der Waals surface area contributed by atoms with E-state index >= 15 is 0 Å². The minimum absolute atomic E-state index is 0.149. The highest BCUT2D eigenvalue weighted by atomic mass is 32.1. The second-order valence-corrected chi connectivity index (χ2v) is 8.79. The largest absolute Gasteiger partial charge is 0.477 e. The summed E-state index contributed by atoms with van der Waals surface area (Å²) in [5, 5.41) is 12.6. The molecule has 4 aromatic heterocycles. The van der Waals surface area contributed by atoms with E-state index < -0.39 is 0 Å². The zero-order chi connectivity index (χ0) is 24.2. The van der Waals surface area contributed by atoms with Gasteiger partial charge in [0, 0.05) is 43.2 Å². The molecule has 0 spiro atoms. The molecule has 0 radical (unpaired) electrons. The molecule has 0 saturated carbocycles. The lowest BCUT2D eigenvalue weighted by molar-refractivity contribution is -0.115. The first-order chi connectivity index (χ1) is 17.1. The number of ether oxygens (including phenoxy) is 1. The normalized spacial score (nSPS) is 11.1. The van der Waals surface area contributed by atoms with E-state index in [2.05, 4.69) is 35.7 Å². The molecule has 4 heterocycles. The van der Waals surface area contributed by atoms with Gasteiger partial charge in [0.15, 0.2) is 5.13 Å². The smallest absolute Gasteiger partial charge is 0.233 e. The van der Waals surface area contributed by atoms with Crippen LogP contribution in [0.1, 0.15) is 25.7 Å². The molecule has 0 saturated heterocycles. The van der Waals surface area contributed by atoms with Crippen molar-refractivity contribution in [3.8, 4) is 17.3 Å². The number of hydrogen-bond donors (Lipinski definition) is 2. The van der Waals surface area contributed by atoms with E-state index in [-0.39, 0.29) is 12.3 Å². The van der Waals surface area contributed by atoms with Crippen molar-refractivity contribution in [3.63, 3.8) is 0 Å². The van der Waals surface area contributed by atoms with Gasteiger partial charge < -0.3 is 19.9 Å². The molecule has 0 aliphatic heterocycles. The maximum absolute atomic E-state index is 12.6. The fourth-order valence-corrected chi connectivity index (χ4v) is 4.45. The number of fused-ring (bicyclic) bond motifs is 2. The number of benzene rings is 1. The quantitative estimate of drug-likeness (QED) is 0.299. The topological polar surface area (TPSA) is 128 Å². The van der Waals surface area contributed by atoms with Crippen LogP contribution in [0.15, 0.2) is 47.2 Å². The van der Waals surface area contributed by atoms with Crippen molar-refractivity contribution < 1.29 is 14.1 Å².